The number of hydrogen-bond donors (Lipinski definition) is 0. The van der Waals surface area contributed by atoms with Crippen molar-refractivity contribution in [2.75, 3.05) is 14.2 Å². The molecule has 160 valence electrons. The smallest absolute Gasteiger partial charge is 0.362 e. The van der Waals surface area contributed by atoms with Gasteiger partial charge in [0.15, 0.2) is 0 Å². The molecule has 0 radical (unpaired) electrons. The zero-order chi connectivity index (χ0) is 22.1. The highest BCUT2D eigenvalue weighted by atomic mass is 35.5. The van der Waals surface area contributed by atoms with E-state index in [9.17, 15) is 9.59 Å². The first kappa shape index (κ1) is 20.7. The van der Waals surface area contributed by atoms with Crippen LogP contribution in [-0.2, 0) is 6.42 Å². The molecule has 10 heteroatoms. The van der Waals surface area contributed by atoms with Gasteiger partial charge in [-0.25, -0.2) is 14.2 Å². The Morgan fingerprint density at radius 3 is 2.42 bits per heavy atom. The van der Waals surface area contributed by atoms with Gasteiger partial charge < -0.3 is 13.9 Å². The van der Waals surface area contributed by atoms with Crippen molar-refractivity contribution in [1.29, 1.82) is 0 Å². The quantitative estimate of drug-likeness (QED) is 0.452. The van der Waals surface area contributed by atoms with Crippen LogP contribution in [0.1, 0.15) is 18.9 Å². The standard InChI is InChI=1S/C21H19ClN4O5/c1-4-5-12-10-15(17(30-3)11-16(12)29-2)18-24-26-20(31-18)23-19(27)25(21(26)28)14-8-6-13(22)7-9-14/h6-11H,4-5H2,1-3H3. The van der Waals surface area contributed by atoms with E-state index in [2.05, 4.69) is 17.0 Å². The van der Waals surface area contributed by atoms with E-state index in [1.165, 1.54) is 7.11 Å². The molecule has 0 saturated carbocycles. The van der Waals surface area contributed by atoms with Gasteiger partial charge in [-0.1, -0.05) is 24.9 Å². The maximum Gasteiger partial charge on any atom is 0.362 e. The van der Waals surface area contributed by atoms with Gasteiger partial charge in [0.05, 0.1) is 25.5 Å². The lowest BCUT2D eigenvalue weighted by Crippen LogP contribution is -2.38. The van der Waals surface area contributed by atoms with Crippen LogP contribution in [0.3, 0.4) is 0 Å². The normalized spacial score (nSPS) is 11.1. The second kappa shape index (κ2) is 8.27. The fraction of sp³-hybridized carbons (Fsp3) is 0.238. The molecule has 31 heavy (non-hydrogen) atoms. The second-order valence-corrected chi connectivity index (χ2v) is 7.14. The molecule has 0 saturated heterocycles. The number of benzene rings is 2. The minimum Gasteiger partial charge on any atom is -0.496 e. The van der Waals surface area contributed by atoms with Crippen molar-refractivity contribution >= 4 is 17.4 Å². The van der Waals surface area contributed by atoms with Crippen LogP contribution in [-0.4, -0.2) is 33.4 Å². The Hall–Kier alpha value is -3.59. The third-order valence-electron chi connectivity index (χ3n) is 4.75. The summed E-state index contributed by atoms with van der Waals surface area (Å²) >= 11 is 5.90. The van der Waals surface area contributed by atoms with Gasteiger partial charge in [-0.15, -0.1) is 14.6 Å². The van der Waals surface area contributed by atoms with Gasteiger partial charge >= 0.3 is 17.2 Å². The summed E-state index contributed by atoms with van der Waals surface area (Å²) in [4.78, 5) is 29.4. The predicted octanol–water partition coefficient (Wildman–Crippen LogP) is 3.12. The van der Waals surface area contributed by atoms with Crippen LogP contribution in [0.25, 0.3) is 23.0 Å². The first-order valence-corrected chi connectivity index (χ1v) is 9.88. The predicted molar refractivity (Wildman–Crippen MR) is 115 cm³/mol. The summed E-state index contributed by atoms with van der Waals surface area (Å²) in [6.07, 6.45) is 1.66. The number of halogens is 1. The van der Waals surface area contributed by atoms with Crippen molar-refractivity contribution in [2.24, 2.45) is 0 Å². The largest absolute Gasteiger partial charge is 0.496 e. The van der Waals surface area contributed by atoms with Crippen LogP contribution in [0.15, 0.2) is 50.4 Å². The molecular formula is C21H19ClN4O5. The Morgan fingerprint density at radius 2 is 1.77 bits per heavy atom. The summed E-state index contributed by atoms with van der Waals surface area (Å²) in [6, 6.07) is 9.81. The monoisotopic (exact) mass is 442 g/mol. The molecule has 0 atom stereocenters. The highest BCUT2D eigenvalue weighted by molar-refractivity contribution is 6.30. The van der Waals surface area contributed by atoms with Crippen LogP contribution in [0.4, 0.5) is 0 Å². The van der Waals surface area contributed by atoms with Crippen LogP contribution >= 0.6 is 11.6 Å². The van der Waals surface area contributed by atoms with Crippen LogP contribution < -0.4 is 20.9 Å². The van der Waals surface area contributed by atoms with Crippen LogP contribution in [0, 0.1) is 0 Å². The fourth-order valence-electron chi connectivity index (χ4n) is 3.30. The van der Waals surface area contributed by atoms with Crippen molar-refractivity contribution in [3.63, 3.8) is 0 Å². The number of fused-ring (bicyclic) bond motifs is 1. The molecular weight excluding hydrogens is 424 g/mol. The molecule has 0 bridgehead atoms. The maximum absolute atomic E-state index is 13.0. The fourth-order valence-corrected chi connectivity index (χ4v) is 3.43. The lowest BCUT2D eigenvalue weighted by atomic mass is 10.0. The van der Waals surface area contributed by atoms with Gasteiger partial charge in [-0.2, -0.15) is 0 Å². The van der Waals surface area contributed by atoms with Crippen LogP contribution in [0.5, 0.6) is 11.5 Å². The van der Waals surface area contributed by atoms with Crippen molar-refractivity contribution in [1.82, 2.24) is 19.2 Å². The summed E-state index contributed by atoms with van der Waals surface area (Å²) in [5.74, 6) is 1.00. The molecule has 0 amide bonds. The van der Waals surface area contributed by atoms with E-state index in [0.29, 0.717) is 27.8 Å². The highest BCUT2D eigenvalue weighted by Crippen LogP contribution is 2.36. The average molecular weight is 443 g/mol. The first-order chi connectivity index (χ1) is 15.0. The lowest BCUT2D eigenvalue weighted by molar-refractivity contribution is 0.391. The highest BCUT2D eigenvalue weighted by Gasteiger charge is 2.20. The third-order valence-corrected chi connectivity index (χ3v) is 5.00. The summed E-state index contributed by atoms with van der Waals surface area (Å²) < 4.78 is 18.4. The van der Waals surface area contributed by atoms with Crippen molar-refractivity contribution in [3.05, 3.63) is 68.0 Å². The number of nitrogens with zero attached hydrogens (tertiary/aromatic N) is 4. The number of aromatic nitrogens is 4. The molecule has 2 aromatic carbocycles. The van der Waals surface area contributed by atoms with E-state index >= 15 is 0 Å². The first-order valence-electron chi connectivity index (χ1n) is 9.51. The molecule has 0 spiro atoms. The van der Waals surface area contributed by atoms with Gasteiger partial charge in [0, 0.05) is 11.1 Å². The number of hydrogen-bond acceptors (Lipinski definition) is 7. The minimum absolute atomic E-state index is 0.0923. The summed E-state index contributed by atoms with van der Waals surface area (Å²) in [5, 5.41) is 4.74. The van der Waals surface area contributed by atoms with E-state index in [-0.39, 0.29) is 11.7 Å². The van der Waals surface area contributed by atoms with Gasteiger partial charge in [0.1, 0.15) is 11.5 Å². The number of aryl methyl sites for hydroxylation is 1. The molecule has 0 N–H and O–H groups in total. The van der Waals surface area contributed by atoms with E-state index in [1.807, 2.05) is 6.07 Å². The number of rotatable bonds is 6. The van der Waals surface area contributed by atoms with E-state index in [4.69, 9.17) is 25.5 Å². The van der Waals surface area contributed by atoms with Gasteiger partial charge in [-0.3, -0.25) is 0 Å². The number of ether oxygens (including phenoxy) is 2. The molecule has 4 rings (SSSR count). The molecule has 4 aromatic rings. The maximum atomic E-state index is 13.0. The molecule has 0 unspecified atom stereocenters. The molecule has 0 aliphatic carbocycles. The topological polar surface area (TPSA) is 101 Å². The summed E-state index contributed by atoms with van der Waals surface area (Å²) in [5.41, 5.74) is 0.265. The SMILES string of the molecule is CCCc1cc(-c2nn3c(=O)n(-c4ccc(Cl)cc4)c(=O)nc3o2)c(OC)cc1OC. The van der Waals surface area contributed by atoms with E-state index in [1.54, 1.807) is 37.4 Å². The molecule has 9 nitrogen and oxygen atoms in total. The van der Waals surface area contributed by atoms with Gasteiger partial charge in [0.25, 0.3) is 5.89 Å². The third kappa shape index (κ3) is 3.68. The van der Waals surface area contributed by atoms with Gasteiger partial charge in [-0.05, 0) is 42.3 Å². The van der Waals surface area contributed by atoms with E-state index < -0.39 is 11.4 Å². The zero-order valence-electron chi connectivity index (χ0n) is 17.1. The van der Waals surface area contributed by atoms with Gasteiger partial charge in [0.2, 0.25) is 0 Å². The van der Waals surface area contributed by atoms with Crippen molar-refractivity contribution < 1.29 is 13.9 Å². The summed E-state index contributed by atoms with van der Waals surface area (Å²) in [7, 11) is 3.09. The summed E-state index contributed by atoms with van der Waals surface area (Å²) in [6.45, 7) is 2.05. The second-order valence-electron chi connectivity index (χ2n) is 6.70. The Labute approximate surface area is 181 Å². The Bertz CT molecular complexity index is 1370. The minimum atomic E-state index is -0.789. The molecule has 0 aliphatic rings. The lowest BCUT2D eigenvalue weighted by Gasteiger charge is -2.12. The van der Waals surface area contributed by atoms with E-state index in [0.717, 1.165) is 27.5 Å². The zero-order valence-corrected chi connectivity index (χ0v) is 17.8. The van der Waals surface area contributed by atoms with Crippen LogP contribution in [0.2, 0.25) is 5.02 Å². The Morgan fingerprint density at radius 1 is 1.06 bits per heavy atom. The average Bonchev–Trinajstić information content (AvgIpc) is 3.19. The number of methoxy groups -OCH3 is 2. The molecule has 0 fully saturated rings. The Kier molecular flexibility index (Phi) is 5.51. The van der Waals surface area contributed by atoms with Crippen molar-refractivity contribution in [2.45, 2.75) is 19.8 Å². The van der Waals surface area contributed by atoms with Crippen molar-refractivity contribution in [3.8, 4) is 28.6 Å². The Balaban J connectivity index is 1.92. The molecule has 0 aliphatic heterocycles. The molecule has 2 aromatic heterocycles. The molecule has 2 heterocycles.